The molecular formula is C36H45N5O4. The molecule has 2 amide bonds. The van der Waals surface area contributed by atoms with E-state index in [-0.39, 0.29) is 6.61 Å². The summed E-state index contributed by atoms with van der Waals surface area (Å²) in [7, 11) is 1.84. The fourth-order valence-electron chi connectivity index (χ4n) is 7.12. The highest BCUT2D eigenvalue weighted by molar-refractivity contribution is 5.67. The zero-order chi connectivity index (χ0) is 33.0. The number of aryl methyl sites for hydroxylation is 1. The van der Waals surface area contributed by atoms with Crippen molar-refractivity contribution in [2.24, 2.45) is 29.3 Å². The summed E-state index contributed by atoms with van der Waals surface area (Å²) in [5, 5.41) is 8.61. The second-order valence-corrected chi connectivity index (χ2v) is 13.4. The molecule has 1 unspecified atom stereocenters. The molecule has 9 nitrogen and oxygen atoms in total. The highest BCUT2D eigenvalue weighted by Crippen LogP contribution is 2.56. The first-order valence-electron chi connectivity index (χ1n) is 15.0. The molecule has 9 heteroatoms. The monoisotopic (exact) mass is 611 g/mol. The van der Waals surface area contributed by atoms with Crippen molar-refractivity contribution in [2.45, 2.75) is 58.6 Å². The Bertz CT molecular complexity index is 1480. The van der Waals surface area contributed by atoms with Crippen LogP contribution in [0.3, 0.4) is 0 Å². The van der Waals surface area contributed by atoms with E-state index in [1.54, 1.807) is 10.9 Å². The number of hydrogen-bond donors (Lipinski definition) is 3. The molecule has 1 heterocycles. The Kier molecular flexibility index (Phi) is 9.32. The van der Waals surface area contributed by atoms with Gasteiger partial charge in [0.1, 0.15) is 23.6 Å². The van der Waals surface area contributed by atoms with Gasteiger partial charge < -0.3 is 26.3 Å². The van der Waals surface area contributed by atoms with E-state index in [2.05, 4.69) is 41.7 Å². The molecule has 0 spiro atoms. The number of amides is 2. The topological polar surface area (TPSA) is 134 Å². The van der Waals surface area contributed by atoms with Gasteiger partial charge in [0.05, 0.1) is 12.1 Å². The smallest absolute Gasteiger partial charge is 0.405 e. The van der Waals surface area contributed by atoms with Crippen LogP contribution >= 0.6 is 0 Å². The molecule has 1 aromatic heterocycles. The van der Waals surface area contributed by atoms with Crippen molar-refractivity contribution < 1.29 is 19.1 Å². The van der Waals surface area contributed by atoms with Crippen molar-refractivity contribution in [3.63, 3.8) is 0 Å². The highest BCUT2D eigenvalue weighted by Gasteiger charge is 2.60. The van der Waals surface area contributed by atoms with E-state index in [4.69, 9.17) is 26.0 Å². The molecule has 0 saturated carbocycles. The molecule has 238 valence electrons. The number of anilines is 1. The molecule has 4 aromatic rings. The van der Waals surface area contributed by atoms with Gasteiger partial charge in [0, 0.05) is 23.4 Å². The Labute approximate surface area is 265 Å². The van der Waals surface area contributed by atoms with Gasteiger partial charge in [-0.1, -0.05) is 133 Å². The number of nitrogens with two attached hydrogens (primary N) is 2. The van der Waals surface area contributed by atoms with Crippen LogP contribution in [-0.2, 0) is 22.1 Å². The molecule has 0 radical (unpaired) electrons. The van der Waals surface area contributed by atoms with E-state index in [0.29, 0.717) is 11.4 Å². The highest BCUT2D eigenvalue weighted by atomic mass is 16.6. The first kappa shape index (κ1) is 33.1. The van der Waals surface area contributed by atoms with Gasteiger partial charge >= 0.3 is 12.2 Å². The van der Waals surface area contributed by atoms with Crippen LogP contribution in [0.4, 0.5) is 15.4 Å². The molecule has 0 aliphatic rings. The average molecular weight is 612 g/mol. The van der Waals surface area contributed by atoms with Crippen molar-refractivity contribution in [3.8, 4) is 0 Å². The standard InChI is InChI=1S/C36H45N5O4/c1-33(2,3)36(34(4,5)6,45-32(38)43)29(24-44-31(37)42)28-23-39-41(7)30(28)40-35(25-17-11-8-12-18-25,26-19-13-9-14-20-26)27-21-15-10-16-22-27/h8-23,29,40H,24H2,1-7H3,(H2,37,42)(H2,38,43). The van der Waals surface area contributed by atoms with Gasteiger partial charge in [0.2, 0.25) is 0 Å². The lowest BCUT2D eigenvalue weighted by molar-refractivity contribution is -0.162. The predicted molar refractivity (Wildman–Crippen MR) is 177 cm³/mol. The van der Waals surface area contributed by atoms with Crippen molar-refractivity contribution in [1.82, 2.24) is 9.78 Å². The van der Waals surface area contributed by atoms with Crippen LogP contribution in [0.25, 0.3) is 0 Å². The minimum absolute atomic E-state index is 0.188. The van der Waals surface area contributed by atoms with Crippen molar-refractivity contribution >= 4 is 18.0 Å². The number of carbonyl (C=O) groups excluding carboxylic acids is 2. The van der Waals surface area contributed by atoms with E-state index < -0.39 is 40.1 Å². The first-order chi connectivity index (χ1) is 21.1. The molecule has 0 fully saturated rings. The minimum atomic E-state index is -1.30. The van der Waals surface area contributed by atoms with Crippen LogP contribution in [0.5, 0.6) is 0 Å². The second kappa shape index (κ2) is 12.7. The fraction of sp³-hybridized carbons (Fsp3) is 0.361. The van der Waals surface area contributed by atoms with Crippen LogP contribution in [0.2, 0.25) is 0 Å². The number of ether oxygens (including phenoxy) is 2. The summed E-state index contributed by atoms with van der Waals surface area (Å²) in [4.78, 5) is 24.8. The summed E-state index contributed by atoms with van der Waals surface area (Å²) in [6.45, 7) is 11.7. The Hall–Kier alpha value is -4.79. The number of carbonyl (C=O) groups is 2. The Morgan fingerprint density at radius 3 is 1.53 bits per heavy atom. The van der Waals surface area contributed by atoms with Gasteiger partial charge in [-0.15, -0.1) is 0 Å². The predicted octanol–water partition coefficient (Wildman–Crippen LogP) is 6.93. The summed E-state index contributed by atoms with van der Waals surface area (Å²) in [5.41, 5.74) is 11.4. The number of aromatic nitrogens is 2. The summed E-state index contributed by atoms with van der Waals surface area (Å²) in [6, 6.07) is 30.5. The largest absolute Gasteiger partial charge is 0.449 e. The third kappa shape index (κ3) is 6.25. The number of nitrogens with zero attached hydrogens (tertiary/aromatic N) is 2. The molecular weight excluding hydrogens is 566 g/mol. The zero-order valence-electron chi connectivity index (χ0n) is 27.2. The molecule has 5 N–H and O–H groups in total. The molecule has 1 atom stereocenters. The van der Waals surface area contributed by atoms with Gasteiger partial charge in [-0.3, -0.25) is 4.68 Å². The summed E-state index contributed by atoms with van der Waals surface area (Å²) in [5.74, 6) is -0.107. The van der Waals surface area contributed by atoms with Gasteiger partial charge in [-0.2, -0.15) is 5.10 Å². The molecule has 3 aromatic carbocycles. The zero-order valence-corrected chi connectivity index (χ0v) is 27.2. The summed E-state index contributed by atoms with van der Waals surface area (Å²) >= 11 is 0. The maximum absolute atomic E-state index is 12.7. The lowest BCUT2D eigenvalue weighted by Gasteiger charge is -2.55. The second-order valence-electron chi connectivity index (χ2n) is 13.4. The van der Waals surface area contributed by atoms with Gasteiger partial charge in [0.15, 0.2) is 0 Å². The number of benzene rings is 3. The van der Waals surface area contributed by atoms with E-state index in [0.717, 1.165) is 16.7 Å². The third-order valence-corrected chi connectivity index (χ3v) is 8.64. The summed E-state index contributed by atoms with van der Waals surface area (Å²) in [6.07, 6.45) is -0.157. The molecule has 0 aliphatic heterocycles. The first-order valence-corrected chi connectivity index (χ1v) is 15.0. The van der Waals surface area contributed by atoms with Gasteiger partial charge in [-0.25, -0.2) is 9.59 Å². The van der Waals surface area contributed by atoms with Crippen LogP contribution in [0, 0.1) is 10.8 Å². The number of hydrogen-bond acceptors (Lipinski definition) is 6. The van der Waals surface area contributed by atoms with Crippen LogP contribution < -0.4 is 16.8 Å². The number of primary amides is 2. The minimum Gasteiger partial charge on any atom is -0.449 e. The maximum atomic E-state index is 12.7. The normalized spacial score (nSPS) is 13.1. The number of rotatable bonds is 10. The SMILES string of the molecule is Cn1ncc(C(COC(N)=O)C(OC(N)=O)(C(C)(C)C)C(C)(C)C)c1NC(c1ccccc1)(c1ccccc1)c1ccccc1. The average Bonchev–Trinajstić information content (AvgIpc) is 3.34. The van der Waals surface area contributed by atoms with Crippen molar-refractivity contribution in [3.05, 3.63) is 119 Å². The molecule has 0 bridgehead atoms. The fourth-order valence-corrected chi connectivity index (χ4v) is 7.12. The Morgan fingerprint density at radius 2 is 1.18 bits per heavy atom. The lowest BCUT2D eigenvalue weighted by Crippen LogP contribution is -2.61. The van der Waals surface area contributed by atoms with Crippen LogP contribution in [-0.4, -0.2) is 34.2 Å². The quantitative estimate of drug-likeness (QED) is 0.167. The van der Waals surface area contributed by atoms with Crippen molar-refractivity contribution in [2.75, 3.05) is 11.9 Å². The van der Waals surface area contributed by atoms with Crippen molar-refractivity contribution in [1.29, 1.82) is 0 Å². The molecule has 4 rings (SSSR count). The molecule has 0 aliphatic carbocycles. The van der Waals surface area contributed by atoms with E-state index in [9.17, 15) is 9.59 Å². The molecule has 45 heavy (non-hydrogen) atoms. The van der Waals surface area contributed by atoms with Gasteiger partial charge in [0.25, 0.3) is 0 Å². The van der Waals surface area contributed by atoms with Crippen LogP contribution in [0.15, 0.2) is 97.2 Å². The molecule has 0 saturated heterocycles. The van der Waals surface area contributed by atoms with Gasteiger partial charge in [-0.05, 0) is 16.7 Å². The Balaban J connectivity index is 2.08. The number of nitrogens with one attached hydrogen (secondary N) is 1. The van der Waals surface area contributed by atoms with E-state index >= 15 is 0 Å². The van der Waals surface area contributed by atoms with Crippen LogP contribution in [0.1, 0.15) is 69.7 Å². The maximum Gasteiger partial charge on any atom is 0.405 e. The van der Waals surface area contributed by atoms with E-state index in [1.165, 1.54) is 0 Å². The third-order valence-electron chi connectivity index (χ3n) is 8.64. The Morgan fingerprint density at radius 1 is 0.756 bits per heavy atom. The summed E-state index contributed by atoms with van der Waals surface area (Å²) < 4.78 is 13.5. The van der Waals surface area contributed by atoms with E-state index in [1.807, 2.05) is 103 Å². The lowest BCUT2D eigenvalue weighted by atomic mass is 9.55.